The Morgan fingerprint density at radius 1 is 1.33 bits per heavy atom. The summed E-state index contributed by atoms with van der Waals surface area (Å²) in [5.41, 5.74) is 1.39. The number of carbonyl (C=O) groups is 2. The number of aliphatic carboxylic acids is 1. The molecule has 0 aliphatic carbocycles. The van der Waals surface area contributed by atoms with Crippen LogP contribution in [-0.4, -0.2) is 57.5 Å². The number of carbonyl (C=O) groups excluding carboxylic acids is 1. The molecule has 7 nitrogen and oxygen atoms in total. The third-order valence-electron chi connectivity index (χ3n) is 5.24. The van der Waals surface area contributed by atoms with Gasteiger partial charge in [-0.25, -0.2) is 4.79 Å². The van der Waals surface area contributed by atoms with Crippen molar-refractivity contribution in [2.75, 3.05) is 24.5 Å². The third-order valence-corrected chi connectivity index (χ3v) is 6.26. The van der Waals surface area contributed by atoms with Crippen molar-refractivity contribution in [1.82, 2.24) is 14.7 Å². The number of amides is 1. The summed E-state index contributed by atoms with van der Waals surface area (Å²) in [5.74, 6) is -2.47. The zero-order valence-electron chi connectivity index (χ0n) is 16.6. The highest BCUT2D eigenvalue weighted by Crippen LogP contribution is 2.43. The monoisotopic (exact) mass is 444 g/mol. The largest absolute Gasteiger partial charge is 0.490 e. The minimum absolute atomic E-state index is 0.136. The third kappa shape index (κ3) is 5.20. The second kappa shape index (κ2) is 8.38. The molecule has 0 aromatic carbocycles. The van der Waals surface area contributed by atoms with Crippen molar-refractivity contribution in [2.24, 2.45) is 12.5 Å². The van der Waals surface area contributed by atoms with Gasteiger partial charge in [0.1, 0.15) is 0 Å². The number of thiophene rings is 1. The van der Waals surface area contributed by atoms with Gasteiger partial charge in [0.25, 0.3) is 0 Å². The summed E-state index contributed by atoms with van der Waals surface area (Å²) >= 11 is 1.72. The molecule has 1 atom stereocenters. The van der Waals surface area contributed by atoms with E-state index in [0.717, 1.165) is 37.6 Å². The van der Waals surface area contributed by atoms with Crippen LogP contribution in [0, 0.1) is 12.3 Å². The number of likely N-dealkylation sites (tertiary alicyclic amines) is 1. The number of alkyl halides is 3. The van der Waals surface area contributed by atoms with E-state index < -0.39 is 12.1 Å². The minimum atomic E-state index is -5.08. The molecule has 1 spiro atoms. The Balaban J connectivity index is 0.000000318. The van der Waals surface area contributed by atoms with Crippen molar-refractivity contribution < 1.29 is 27.9 Å². The normalized spacial score (nSPS) is 21.9. The molecule has 2 saturated heterocycles. The molecule has 1 amide bonds. The van der Waals surface area contributed by atoms with Crippen molar-refractivity contribution in [1.29, 1.82) is 0 Å². The lowest BCUT2D eigenvalue weighted by Gasteiger charge is -2.23. The number of halogens is 3. The summed E-state index contributed by atoms with van der Waals surface area (Å²) in [7, 11) is 1.95. The number of carboxylic acids is 1. The number of rotatable bonds is 3. The standard InChI is InChI=1S/C17H22N4OS.C2HF3O2/c1-13-3-4-16(23-13)21-12-17(7-15(21)22)5-6-20(11-17)10-14-8-18-19(2)9-14;3-2(4,5)1(6)7/h3-4,8-9H,5-7,10-12H2,1-2H3;(H,6,7). The van der Waals surface area contributed by atoms with Gasteiger partial charge in [-0.1, -0.05) is 0 Å². The van der Waals surface area contributed by atoms with Crippen LogP contribution in [0.2, 0.25) is 0 Å². The molecule has 4 rings (SSSR count). The maximum absolute atomic E-state index is 12.5. The van der Waals surface area contributed by atoms with Gasteiger partial charge in [-0.05, 0) is 32.0 Å². The van der Waals surface area contributed by atoms with Crippen LogP contribution >= 0.6 is 11.3 Å². The van der Waals surface area contributed by atoms with Gasteiger partial charge in [0.05, 0.1) is 11.2 Å². The SMILES string of the molecule is Cc1ccc(N2CC3(CCN(Cc4cnn(C)c4)C3)CC2=O)s1.O=C(O)C(F)(F)F. The van der Waals surface area contributed by atoms with Gasteiger partial charge in [-0.3, -0.25) is 14.4 Å². The molecule has 2 aromatic rings. The van der Waals surface area contributed by atoms with Crippen LogP contribution in [0.4, 0.5) is 18.2 Å². The summed E-state index contributed by atoms with van der Waals surface area (Å²) in [6.45, 7) is 5.97. The lowest BCUT2D eigenvalue weighted by molar-refractivity contribution is -0.192. The fourth-order valence-electron chi connectivity index (χ4n) is 3.91. The highest BCUT2D eigenvalue weighted by molar-refractivity contribution is 7.16. The van der Waals surface area contributed by atoms with Crippen LogP contribution in [0.15, 0.2) is 24.5 Å². The predicted octanol–water partition coefficient (Wildman–Crippen LogP) is 3.05. The number of anilines is 1. The Kier molecular flexibility index (Phi) is 6.23. The Morgan fingerprint density at radius 2 is 2.03 bits per heavy atom. The summed E-state index contributed by atoms with van der Waals surface area (Å²) in [6.07, 6.45) is 0.727. The molecule has 164 valence electrons. The fourth-order valence-corrected chi connectivity index (χ4v) is 4.79. The molecular formula is C19H23F3N4O3S. The summed E-state index contributed by atoms with van der Waals surface area (Å²) < 4.78 is 33.6. The van der Waals surface area contributed by atoms with Crippen LogP contribution in [0.5, 0.6) is 0 Å². The highest BCUT2D eigenvalue weighted by Gasteiger charge is 2.48. The molecule has 11 heteroatoms. The first-order valence-electron chi connectivity index (χ1n) is 9.34. The Morgan fingerprint density at radius 3 is 2.57 bits per heavy atom. The molecule has 1 N–H and O–H groups in total. The zero-order valence-corrected chi connectivity index (χ0v) is 17.5. The van der Waals surface area contributed by atoms with Gasteiger partial charge < -0.3 is 10.0 Å². The topological polar surface area (TPSA) is 78.7 Å². The Labute approximate surface area is 175 Å². The van der Waals surface area contributed by atoms with Crippen LogP contribution in [-0.2, 0) is 23.2 Å². The molecule has 0 bridgehead atoms. The summed E-state index contributed by atoms with van der Waals surface area (Å²) in [6, 6.07) is 4.18. The average Bonchev–Trinajstić information content (AvgIpc) is 3.39. The van der Waals surface area contributed by atoms with E-state index in [9.17, 15) is 18.0 Å². The second-order valence-corrected chi connectivity index (χ2v) is 9.09. The first-order chi connectivity index (χ1) is 14.0. The average molecular weight is 444 g/mol. The molecule has 1 unspecified atom stereocenters. The number of aryl methyl sites for hydroxylation is 2. The molecule has 2 fully saturated rings. The van der Waals surface area contributed by atoms with Gasteiger partial charge >= 0.3 is 12.1 Å². The van der Waals surface area contributed by atoms with Crippen LogP contribution in [0.25, 0.3) is 0 Å². The fraction of sp³-hybridized carbons (Fsp3) is 0.526. The van der Waals surface area contributed by atoms with E-state index in [1.165, 1.54) is 10.4 Å². The molecule has 4 heterocycles. The van der Waals surface area contributed by atoms with Gasteiger partial charge in [0.15, 0.2) is 0 Å². The van der Waals surface area contributed by atoms with Crippen molar-refractivity contribution in [3.8, 4) is 0 Å². The van der Waals surface area contributed by atoms with E-state index in [4.69, 9.17) is 9.90 Å². The highest BCUT2D eigenvalue weighted by atomic mass is 32.1. The van der Waals surface area contributed by atoms with Crippen LogP contribution in [0.1, 0.15) is 23.3 Å². The molecule has 0 radical (unpaired) electrons. The van der Waals surface area contributed by atoms with Crippen LogP contribution in [0.3, 0.4) is 0 Å². The summed E-state index contributed by atoms with van der Waals surface area (Å²) in [4.78, 5) is 27.1. The number of hydrogen-bond donors (Lipinski definition) is 1. The van der Waals surface area contributed by atoms with Crippen molar-refractivity contribution >= 4 is 28.2 Å². The molecule has 30 heavy (non-hydrogen) atoms. The van der Waals surface area contributed by atoms with Crippen molar-refractivity contribution in [3.05, 3.63) is 35.0 Å². The lowest BCUT2D eigenvalue weighted by Crippen LogP contribution is -2.30. The smallest absolute Gasteiger partial charge is 0.475 e. The molecule has 2 aliphatic heterocycles. The van der Waals surface area contributed by atoms with E-state index in [-0.39, 0.29) is 11.3 Å². The quantitative estimate of drug-likeness (QED) is 0.787. The predicted molar refractivity (Wildman–Crippen MR) is 105 cm³/mol. The van der Waals surface area contributed by atoms with Gasteiger partial charge in [0, 0.05) is 55.2 Å². The van der Waals surface area contributed by atoms with Crippen LogP contribution < -0.4 is 4.90 Å². The summed E-state index contributed by atoms with van der Waals surface area (Å²) in [5, 5.41) is 12.5. The van der Waals surface area contributed by atoms with E-state index in [2.05, 4.69) is 35.3 Å². The van der Waals surface area contributed by atoms with Gasteiger partial charge in [0.2, 0.25) is 5.91 Å². The van der Waals surface area contributed by atoms with Crippen molar-refractivity contribution in [2.45, 2.75) is 32.5 Å². The van der Waals surface area contributed by atoms with E-state index in [0.29, 0.717) is 6.42 Å². The molecular weight excluding hydrogens is 421 g/mol. The van der Waals surface area contributed by atoms with E-state index in [1.807, 2.05) is 22.8 Å². The number of hydrogen-bond acceptors (Lipinski definition) is 5. The second-order valence-electron chi connectivity index (χ2n) is 7.83. The van der Waals surface area contributed by atoms with Gasteiger partial charge in [-0.2, -0.15) is 18.3 Å². The Bertz CT molecular complexity index is 926. The van der Waals surface area contributed by atoms with E-state index >= 15 is 0 Å². The maximum atomic E-state index is 12.5. The first-order valence-corrected chi connectivity index (χ1v) is 10.2. The molecule has 2 aromatic heterocycles. The number of aromatic nitrogens is 2. The lowest BCUT2D eigenvalue weighted by atomic mass is 9.86. The Hall–Kier alpha value is -2.40. The molecule has 0 saturated carbocycles. The van der Waals surface area contributed by atoms with Crippen molar-refractivity contribution in [3.63, 3.8) is 0 Å². The number of nitrogens with zero attached hydrogens (tertiary/aromatic N) is 4. The first kappa shape index (κ1) is 22.3. The van der Waals surface area contributed by atoms with Gasteiger partial charge in [-0.15, -0.1) is 11.3 Å². The zero-order chi connectivity index (χ0) is 22.1. The molecule has 2 aliphatic rings. The minimum Gasteiger partial charge on any atom is -0.475 e. The maximum Gasteiger partial charge on any atom is 0.490 e. The number of carboxylic acid groups (broad SMARTS) is 1. The van der Waals surface area contributed by atoms with E-state index in [1.54, 1.807) is 11.3 Å².